The highest BCUT2D eigenvalue weighted by atomic mass is 35.5. The van der Waals surface area contributed by atoms with Gasteiger partial charge in [0.1, 0.15) is 0 Å². The number of hydrogen-bond acceptors (Lipinski definition) is 3. The molecule has 1 saturated heterocycles. The van der Waals surface area contributed by atoms with Gasteiger partial charge in [0.15, 0.2) is 0 Å². The van der Waals surface area contributed by atoms with E-state index in [0.717, 1.165) is 23.4 Å². The van der Waals surface area contributed by atoms with Crippen LogP contribution in [0.15, 0.2) is 18.2 Å². The van der Waals surface area contributed by atoms with Gasteiger partial charge in [-0.05, 0) is 42.5 Å². The number of carbonyl (C=O) groups excluding carboxylic acids is 1. The highest BCUT2D eigenvalue weighted by Crippen LogP contribution is 2.32. The van der Waals surface area contributed by atoms with Gasteiger partial charge in [0.2, 0.25) is 5.91 Å². The van der Waals surface area contributed by atoms with Gasteiger partial charge >= 0.3 is 0 Å². The molecule has 1 aromatic rings. The summed E-state index contributed by atoms with van der Waals surface area (Å²) in [5, 5.41) is 16.3. The third kappa shape index (κ3) is 2.61. The second-order valence-corrected chi connectivity index (χ2v) is 5.73. The minimum Gasteiger partial charge on any atom is -0.392 e. The van der Waals surface area contributed by atoms with Crippen LogP contribution >= 0.6 is 11.6 Å². The van der Waals surface area contributed by atoms with Crippen LogP contribution in [0.4, 0.5) is 0 Å². The number of benzene rings is 1. The van der Waals surface area contributed by atoms with E-state index in [0.29, 0.717) is 13.0 Å². The molecule has 5 heteroatoms. The zero-order chi connectivity index (χ0) is 13.4. The number of carbonyl (C=O) groups is 1. The van der Waals surface area contributed by atoms with Crippen molar-refractivity contribution in [1.82, 2.24) is 10.6 Å². The predicted octanol–water partition coefficient (Wildman–Crippen LogP) is 1.17. The van der Waals surface area contributed by atoms with Gasteiger partial charge in [-0.15, -0.1) is 0 Å². The predicted molar refractivity (Wildman–Crippen MR) is 73.1 cm³/mol. The number of nitrogens with one attached hydrogen (secondary N) is 2. The Bertz CT molecular complexity index is 506. The molecule has 0 radical (unpaired) electrons. The normalized spacial score (nSPS) is 29.3. The molecule has 3 rings (SSSR count). The second kappa shape index (κ2) is 5.12. The summed E-state index contributed by atoms with van der Waals surface area (Å²) >= 11 is 5.97. The summed E-state index contributed by atoms with van der Waals surface area (Å²) in [6, 6.07) is 5.63. The van der Waals surface area contributed by atoms with E-state index in [-0.39, 0.29) is 18.0 Å². The molecular weight excluding hydrogens is 264 g/mol. The first-order valence-electron chi connectivity index (χ1n) is 6.63. The summed E-state index contributed by atoms with van der Waals surface area (Å²) in [6.45, 7) is 0.495. The van der Waals surface area contributed by atoms with E-state index in [1.165, 1.54) is 5.56 Å². The molecule has 1 heterocycles. The SMILES string of the molecule is O=C(N[C@H]1CCc2cc(Cl)ccc21)[C@H]1C[C@@H](O)CN1. The van der Waals surface area contributed by atoms with Crippen molar-refractivity contribution in [3.05, 3.63) is 34.3 Å². The van der Waals surface area contributed by atoms with Crippen LogP contribution < -0.4 is 10.6 Å². The third-order valence-electron chi connectivity index (χ3n) is 3.92. The molecule has 3 atom stereocenters. The first-order valence-corrected chi connectivity index (χ1v) is 7.01. The van der Waals surface area contributed by atoms with E-state index in [1.54, 1.807) is 0 Å². The maximum Gasteiger partial charge on any atom is 0.237 e. The van der Waals surface area contributed by atoms with Crippen LogP contribution in [0.5, 0.6) is 0 Å². The molecule has 19 heavy (non-hydrogen) atoms. The van der Waals surface area contributed by atoms with Crippen molar-refractivity contribution in [3.8, 4) is 0 Å². The van der Waals surface area contributed by atoms with Crippen LogP contribution in [0, 0.1) is 0 Å². The molecule has 1 aliphatic carbocycles. The van der Waals surface area contributed by atoms with Gasteiger partial charge in [-0.3, -0.25) is 4.79 Å². The molecule has 1 aromatic carbocycles. The Morgan fingerprint density at radius 1 is 1.47 bits per heavy atom. The van der Waals surface area contributed by atoms with Gasteiger partial charge in [0, 0.05) is 11.6 Å². The van der Waals surface area contributed by atoms with Crippen LogP contribution in [-0.2, 0) is 11.2 Å². The minimum absolute atomic E-state index is 0.0237. The van der Waals surface area contributed by atoms with Gasteiger partial charge in [-0.1, -0.05) is 17.7 Å². The van der Waals surface area contributed by atoms with Crippen molar-refractivity contribution in [3.63, 3.8) is 0 Å². The van der Waals surface area contributed by atoms with Gasteiger partial charge in [0.25, 0.3) is 0 Å². The molecule has 1 amide bonds. The fraction of sp³-hybridized carbons (Fsp3) is 0.500. The molecule has 0 unspecified atom stereocenters. The second-order valence-electron chi connectivity index (χ2n) is 5.29. The lowest BCUT2D eigenvalue weighted by molar-refractivity contribution is -0.123. The monoisotopic (exact) mass is 280 g/mol. The largest absolute Gasteiger partial charge is 0.392 e. The van der Waals surface area contributed by atoms with Crippen molar-refractivity contribution < 1.29 is 9.90 Å². The maximum absolute atomic E-state index is 12.1. The maximum atomic E-state index is 12.1. The van der Waals surface area contributed by atoms with Crippen LogP contribution in [0.2, 0.25) is 5.02 Å². The summed E-state index contributed by atoms with van der Waals surface area (Å²) in [4.78, 5) is 12.1. The Morgan fingerprint density at radius 2 is 2.32 bits per heavy atom. The average Bonchev–Trinajstić information content (AvgIpc) is 2.96. The number of rotatable bonds is 2. The molecule has 3 N–H and O–H groups in total. The summed E-state index contributed by atoms with van der Waals surface area (Å²) in [7, 11) is 0. The fourth-order valence-electron chi connectivity index (χ4n) is 2.93. The zero-order valence-corrected chi connectivity index (χ0v) is 11.3. The van der Waals surface area contributed by atoms with Crippen molar-refractivity contribution in [2.45, 2.75) is 37.5 Å². The molecule has 2 aliphatic rings. The standard InChI is InChI=1S/C14H17ClN2O2/c15-9-2-3-11-8(5-9)1-4-12(11)17-14(19)13-6-10(18)7-16-13/h2-3,5,10,12-13,16,18H,1,4,6-7H2,(H,17,19)/t10-,12+,13-/m1/s1. The summed E-state index contributed by atoms with van der Waals surface area (Å²) in [5.74, 6) is -0.0237. The lowest BCUT2D eigenvalue weighted by Gasteiger charge is -2.17. The Hall–Kier alpha value is -1.10. The van der Waals surface area contributed by atoms with Crippen molar-refractivity contribution in [2.75, 3.05) is 6.54 Å². The van der Waals surface area contributed by atoms with E-state index >= 15 is 0 Å². The van der Waals surface area contributed by atoms with E-state index in [2.05, 4.69) is 10.6 Å². The number of β-amino-alcohol motifs (C(OH)–C–C–N with tert-alkyl or cyclic N) is 1. The molecule has 1 aliphatic heterocycles. The van der Waals surface area contributed by atoms with E-state index < -0.39 is 6.10 Å². The Morgan fingerprint density at radius 3 is 3.05 bits per heavy atom. The summed E-state index contributed by atoms with van der Waals surface area (Å²) in [6.07, 6.45) is 1.94. The van der Waals surface area contributed by atoms with E-state index in [9.17, 15) is 9.90 Å². The number of hydrogen-bond donors (Lipinski definition) is 3. The number of aryl methyl sites for hydroxylation is 1. The van der Waals surface area contributed by atoms with Crippen molar-refractivity contribution in [2.24, 2.45) is 0 Å². The Kier molecular flexibility index (Phi) is 3.48. The van der Waals surface area contributed by atoms with Gasteiger partial charge < -0.3 is 15.7 Å². The Balaban J connectivity index is 1.68. The quantitative estimate of drug-likeness (QED) is 0.762. The average molecular weight is 281 g/mol. The smallest absolute Gasteiger partial charge is 0.237 e. The molecule has 0 aromatic heterocycles. The Labute approximate surface area is 117 Å². The fourth-order valence-corrected chi connectivity index (χ4v) is 3.12. The van der Waals surface area contributed by atoms with Gasteiger partial charge in [-0.2, -0.15) is 0 Å². The number of halogens is 1. The van der Waals surface area contributed by atoms with E-state index in [4.69, 9.17) is 11.6 Å². The first-order chi connectivity index (χ1) is 9.13. The topological polar surface area (TPSA) is 61.4 Å². The molecule has 0 bridgehead atoms. The molecule has 1 fully saturated rings. The molecule has 0 spiro atoms. The molecule has 102 valence electrons. The third-order valence-corrected chi connectivity index (χ3v) is 4.16. The van der Waals surface area contributed by atoms with Crippen LogP contribution in [-0.4, -0.2) is 29.7 Å². The van der Waals surface area contributed by atoms with E-state index in [1.807, 2.05) is 18.2 Å². The number of aliphatic hydroxyl groups is 1. The van der Waals surface area contributed by atoms with Crippen molar-refractivity contribution >= 4 is 17.5 Å². The summed E-state index contributed by atoms with van der Waals surface area (Å²) in [5.41, 5.74) is 2.38. The molecule has 0 saturated carbocycles. The minimum atomic E-state index is -0.412. The first kappa shape index (κ1) is 12.9. The molecule has 4 nitrogen and oxygen atoms in total. The number of aliphatic hydroxyl groups excluding tert-OH is 1. The summed E-state index contributed by atoms with van der Waals surface area (Å²) < 4.78 is 0. The number of amides is 1. The van der Waals surface area contributed by atoms with Crippen LogP contribution in [0.1, 0.15) is 30.0 Å². The lowest BCUT2D eigenvalue weighted by Crippen LogP contribution is -2.41. The lowest BCUT2D eigenvalue weighted by atomic mass is 10.1. The van der Waals surface area contributed by atoms with Crippen LogP contribution in [0.3, 0.4) is 0 Å². The molecular formula is C14H17ClN2O2. The van der Waals surface area contributed by atoms with Crippen molar-refractivity contribution in [1.29, 1.82) is 0 Å². The van der Waals surface area contributed by atoms with Gasteiger partial charge in [-0.25, -0.2) is 0 Å². The van der Waals surface area contributed by atoms with Crippen LogP contribution in [0.25, 0.3) is 0 Å². The highest BCUT2D eigenvalue weighted by Gasteiger charge is 2.31. The zero-order valence-electron chi connectivity index (χ0n) is 10.5. The van der Waals surface area contributed by atoms with Gasteiger partial charge in [0.05, 0.1) is 18.2 Å². The number of fused-ring (bicyclic) bond motifs is 1. The highest BCUT2D eigenvalue weighted by molar-refractivity contribution is 6.30.